The van der Waals surface area contributed by atoms with E-state index in [2.05, 4.69) is 0 Å². The summed E-state index contributed by atoms with van der Waals surface area (Å²) in [5, 5.41) is 1.74. The SMILES string of the molecule is Cc1ccc(S(=O)(=O)N2c3ccccc3C(=O)N(C)c3c2ccc2ccccc32)cc1. The Labute approximate surface area is 181 Å². The van der Waals surface area contributed by atoms with Gasteiger partial charge >= 0.3 is 0 Å². The molecule has 1 amide bonds. The van der Waals surface area contributed by atoms with Crippen LogP contribution in [-0.2, 0) is 10.0 Å². The summed E-state index contributed by atoms with van der Waals surface area (Å²) in [6, 6.07) is 24.9. The van der Waals surface area contributed by atoms with Gasteiger partial charge in [-0.1, -0.05) is 60.2 Å². The summed E-state index contributed by atoms with van der Waals surface area (Å²) in [7, 11) is -2.30. The minimum absolute atomic E-state index is 0.170. The van der Waals surface area contributed by atoms with Gasteiger partial charge in [-0.15, -0.1) is 0 Å². The van der Waals surface area contributed by atoms with Crippen LogP contribution in [0.5, 0.6) is 0 Å². The number of benzene rings is 4. The first-order valence-corrected chi connectivity index (χ1v) is 11.3. The minimum atomic E-state index is -3.99. The van der Waals surface area contributed by atoms with Crippen molar-refractivity contribution in [2.75, 3.05) is 16.3 Å². The van der Waals surface area contributed by atoms with Crippen LogP contribution in [0.1, 0.15) is 15.9 Å². The maximum Gasteiger partial charge on any atom is 0.268 e. The first kappa shape index (κ1) is 19.3. The predicted octanol–water partition coefficient (Wildman–Crippen LogP) is 5.27. The van der Waals surface area contributed by atoms with Crippen LogP contribution >= 0.6 is 0 Å². The lowest BCUT2D eigenvalue weighted by Gasteiger charge is -2.27. The van der Waals surface area contributed by atoms with Crippen molar-refractivity contribution in [1.29, 1.82) is 0 Å². The van der Waals surface area contributed by atoms with E-state index in [4.69, 9.17) is 0 Å². The van der Waals surface area contributed by atoms with E-state index in [0.29, 0.717) is 22.6 Å². The first-order chi connectivity index (χ1) is 14.9. The zero-order valence-electron chi connectivity index (χ0n) is 17.1. The van der Waals surface area contributed by atoms with Gasteiger partial charge in [-0.25, -0.2) is 12.7 Å². The summed E-state index contributed by atoms with van der Waals surface area (Å²) in [5.74, 6) is -0.255. The number of carbonyl (C=O) groups excluding carboxylic acids is 1. The molecule has 0 radical (unpaired) electrons. The third kappa shape index (κ3) is 2.91. The van der Waals surface area contributed by atoms with E-state index in [1.54, 1.807) is 66.5 Å². The van der Waals surface area contributed by atoms with Crippen LogP contribution in [0.4, 0.5) is 17.1 Å². The molecular weight excluding hydrogens is 408 g/mol. The molecule has 0 aliphatic carbocycles. The third-order valence-corrected chi connectivity index (χ3v) is 7.39. The number of carbonyl (C=O) groups is 1. The van der Waals surface area contributed by atoms with Crippen molar-refractivity contribution in [3.8, 4) is 0 Å². The van der Waals surface area contributed by atoms with Crippen molar-refractivity contribution in [2.45, 2.75) is 11.8 Å². The second kappa shape index (κ2) is 6.96. The van der Waals surface area contributed by atoms with Crippen LogP contribution in [0.3, 0.4) is 0 Å². The molecule has 5 nitrogen and oxygen atoms in total. The van der Waals surface area contributed by atoms with Crippen molar-refractivity contribution in [3.05, 3.63) is 96.1 Å². The van der Waals surface area contributed by atoms with E-state index in [9.17, 15) is 13.2 Å². The molecule has 0 unspecified atom stereocenters. The molecular formula is C25H20N2O3S. The predicted molar refractivity (Wildman–Crippen MR) is 124 cm³/mol. The number of aryl methyl sites for hydroxylation is 1. The van der Waals surface area contributed by atoms with Crippen molar-refractivity contribution in [2.24, 2.45) is 0 Å². The van der Waals surface area contributed by atoms with Gasteiger partial charge in [-0.2, -0.15) is 0 Å². The average molecular weight is 429 g/mol. The highest BCUT2D eigenvalue weighted by molar-refractivity contribution is 7.93. The average Bonchev–Trinajstić information content (AvgIpc) is 2.87. The fraction of sp³-hybridized carbons (Fsp3) is 0.0800. The van der Waals surface area contributed by atoms with E-state index in [0.717, 1.165) is 16.3 Å². The molecule has 0 aromatic heterocycles. The molecule has 1 aliphatic rings. The third-order valence-electron chi connectivity index (χ3n) is 5.65. The summed E-state index contributed by atoms with van der Waals surface area (Å²) in [5.41, 5.74) is 2.65. The zero-order valence-corrected chi connectivity index (χ0v) is 17.9. The molecule has 0 atom stereocenters. The summed E-state index contributed by atoms with van der Waals surface area (Å²) >= 11 is 0. The van der Waals surface area contributed by atoms with E-state index < -0.39 is 10.0 Å². The van der Waals surface area contributed by atoms with Crippen LogP contribution in [0.25, 0.3) is 10.8 Å². The molecule has 0 fully saturated rings. The van der Waals surface area contributed by atoms with Crippen molar-refractivity contribution >= 4 is 43.8 Å². The number of fused-ring (bicyclic) bond motifs is 4. The van der Waals surface area contributed by atoms with Crippen molar-refractivity contribution in [3.63, 3.8) is 0 Å². The fourth-order valence-electron chi connectivity index (χ4n) is 4.08. The van der Waals surface area contributed by atoms with E-state index in [1.807, 2.05) is 37.3 Å². The molecule has 0 spiro atoms. The quantitative estimate of drug-likeness (QED) is 0.437. The van der Waals surface area contributed by atoms with Crippen LogP contribution < -0.4 is 9.21 Å². The van der Waals surface area contributed by atoms with Crippen molar-refractivity contribution in [1.82, 2.24) is 0 Å². The molecule has 0 saturated heterocycles. The maximum atomic E-state index is 13.9. The second-order valence-corrected chi connectivity index (χ2v) is 9.40. The number of hydrogen-bond acceptors (Lipinski definition) is 3. The Balaban J connectivity index is 1.89. The Bertz CT molecular complexity index is 1440. The molecule has 154 valence electrons. The lowest BCUT2D eigenvalue weighted by molar-refractivity contribution is 0.0994. The molecule has 0 bridgehead atoms. The first-order valence-electron chi connectivity index (χ1n) is 9.90. The van der Waals surface area contributed by atoms with E-state index in [-0.39, 0.29) is 10.8 Å². The summed E-state index contributed by atoms with van der Waals surface area (Å²) in [4.78, 5) is 15.1. The molecule has 1 heterocycles. The molecule has 6 heteroatoms. The highest BCUT2D eigenvalue weighted by Gasteiger charge is 2.36. The molecule has 31 heavy (non-hydrogen) atoms. The summed E-state index contributed by atoms with van der Waals surface area (Å²) in [6.45, 7) is 1.91. The highest BCUT2D eigenvalue weighted by atomic mass is 32.2. The summed E-state index contributed by atoms with van der Waals surface area (Å²) in [6.07, 6.45) is 0. The van der Waals surface area contributed by atoms with Gasteiger partial charge in [0.05, 0.1) is 27.5 Å². The standard InChI is InChI=1S/C25H20N2O3S/c1-17-11-14-19(15-12-17)31(29,30)27-22-10-6-5-9-21(22)25(28)26(2)24-20-8-4-3-7-18(20)13-16-23(24)27/h3-16H,1-2H3. The van der Waals surface area contributed by atoms with Gasteiger partial charge in [-0.05, 0) is 42.6 Å². The largest absolute Gasteiger partial charge is 0.309 e. The number of nitrogens with zero attached hydrogens (tertiary/aromatic N) is 2. The van der Waals surface area contributed by atoms with E-state index in [1.165, 1.54) is 4.31 Å². The molecule has 1 aliphatic heterocycles. The number of para-hydroxylation sites is 1. The van der Waals surface area contributed by atoms with Gasteiger partial charge < -0.3 is 4.90 Å². The number of amides is 1. The molecule has 0 saturated carbocycles. The monoisotopic (exact) mass is 428 g/mol. The van der Waals surface area contributed by atoms with Gasteiger partial charge in [0.2, 0.25) is 0 Å². The minimum Gasteiger partial charge on any atom is -0.309 e. The highest BCUT2D eigenvalue weighted by Crippen LogP contribution is 2.46. The van der Waals surface area contributed by atoms with Crippen LogP contribution in [0.15, 0.2) is 89.8 Å². The van der Waals surface area contributed by atoms with Gasteiger partial charge in [0.1, 0.15) is 0 Å². The Kier molecular flexibility index (Phi) is 4.34. The summed E-state index contributed by atoms with van der Waals surface area (Å²) < 4.78 is 29.1. The molecule has 5 rings (SSSR count). The van der Waals surface area contributed by atoms with Crippen LogP contribution in [-0.4, -0.2) is 21.4 Å². The molecule has 0 N–H and O–H groups in total. The van der Waals surface area contributed by atoms with Gasteiger partial charge in [0, 0.05) is 12.4 Å². The molecule has 4 aromatic rings. The number of anilines is 3. The smallest absolute Gasteiger partial charge is 0.268 e. The Hall–Kier alpha value is -3.64. The fourth-order valence-corrected chi connectivity index (χ4v) is 5.59. The topological polar surface area (TPSA) is 57.7 Å². The Morgan fingerprint density at radius 2 is 1.42 bits per heavy atom. The van der Waals surface area contributed by atoms with E-state index >= 15 is 0 Å². The van der Waals surface area contributed by atoms with Crippen LogP contribution in [0.2, 0.25) is 0 Å². The maximum absolute atomic E-state index is 13.9. The van der Waals surface area contributed by atoms with Gasteiger partial charge in [-0.3, -0.25) is 4.79 Å². The number of sulfonamides is 1. The lowest BCUT2D eigenvalue weighted by atomic mass is 10.1. The normalized spacial score (nSPS) is 13.7. The van der Waals surface area contributed by atoms with Crippen LogP contribution in [0, 0.1) is 6.92 Å². The van der Waals surface area contributed by atoms with Crippen molar-refractivity contribution < 1.29 is 13.2 Å². The lowest BCUT2D eigenvalue weighted by Crippen LogP contribution is -2.27. The Morgan fingerprint density at radius 1 is 0.742 bits per heavy atom. The van der Waals surface area contributed by atoms with Gasteiger partial charge in [0.25, 0.3) is 15.9 Å². The second-order valence-electron chi connectivity index (χ2n) is 7.62. The zero-order chi connectivity index (χ0) is 21.8. The van der Waals surface area contributed by atoms with Gasteiger partial charge in [0.15, 0.2) is 0 Å². The molecule has 4 aromatic carbocycles. The number of hydrogen-bond donors (Lipinski definition) is 0. The number of rotatable bonds is 2. The Morgan fingerprint density at radius 3 is 2.19 bits per heavy atom.